The van der Waals surface area contributed by atoms with Gasteiger partial charge in [-0.1, -0.05) is 161 Å². The Morgan fingerprint density at radius 1 is 0.424 bits per heavy atom. The van der Waals surface area contributed by atoms with Gasteiger partial charge in [-0.05, 0) is 26.9 Å². The van der Waals surface area contributed by atoms with Gasteiger partial charge >= 0.3 is 0 Å². The first-order chi connectivity index (χ1) is 15.7. The van der Waals surface area contributed by atoms with Crippen LogP contribution in [0.3, 0.4) is 0 Å². The number of aliphatic hydroxyl groups is 1. The average Bonchev–Trinajstić information content (AvgIpc) is 2.78. The lowest BCUT2D eigenvalue weighted by Gasteiger charge is -2.17. The zero-order valence-electron chi connectivity index (χ0n) is 23.3. The van der Waals surface area contributed by atoms with Gasteiger partial charge < -0.3 is 5.11 Å². The van der Waals surface area contributed by atoms with Gasteiger partial charge in [0.25, 0.3) is 0 Å². The Bertz CT molecular complexity index is 337. The number of unbranched alkanes of at least 4 members (excludes halogenated alkanes) is 24. The van der Waals surface area contributed by atoms with Crippen LogP contribution < -0.4 is 0 Å². The maximum Gasteiger partial charge on any atom is 0.106 e. The molecule has 0 bridgehead atoms. The summed E-state index contributed by atoms with van der Waals surface area (Å²) in [7, 11) is 3.90. The van der Waals surface area contributed by atoms with E-state index in [1.165, 1.54) is 161 Å². The molecule has 0 aliphatic heterocycles. The van der Waals surface area contributed by atoms with E-state index in [2.05, 4.69) is 6.92 Å². The maximum atomic E-state index is 9.74. The molecule has 202 valence electrons. The molecule has 33 heavy (non-hydrogen) atoms. The Kier molecular flexibility index (Phi) is 32.8. The van der Waals surface area contributed by atoms with Crippen LogP contribution in [0.15, 0.2) is 0 Å². The summed E-state index contributed by atoms with van der Waals surface area (Å²) in [6, 6.07) is 0. The van der Waals surface area contributed by atoms with Crippen molar-refractivity contribution in [3.63, 3.8) is 0 Å². The highest BCUT2D eigenvalue weighted by Gasteiger charge is 2.04. The standard InChI is InChI=1S/C30H63NO.BrH/c1-4-5-6-7-8-9-10-11-12-13-14-15-16-17-18-19-20-21-22-23-24-25-26-27-28-29-30(32)31(2)3;/h30,32H,4-29H2,1-3H3;1H. The summed E-state index contributed by atoms with van der Waals surface area (Å²) in [5.41, 5.74) is 0. The van der Waals surface area contributed by atoms with Crippen LogP contribution >= 0.6 is 17.0 Å². The molecule has 1 atom stereocenters. The van der Waals surface area contributed by atoms with Gasteiger partial charge in [0.1, 0.15) is 6.23 Å². The van der Waals surface area contributed by atoms with E-state index in [4.69, 9.17) is 0 Å². The van der Waals surface area contributed by atoms with Crippen LogP contribution in [0.1, 0.15) is 174 Å². The van der Waals surface area contributed by atoms with Crippen molar-refractivity contribution in [1.82, 2.24) is 4.90 Å². The minimum absolute atomic E-state index is 0. The van der Waals surface area contributed by atoms with E-state index < -0.39 is 0 Å². The molecule has 0 aromatic carbocycles. The van der Waals surface area contributed by atoms with Gasteiger partial charge in [-0.15, -0.1) is 17.0 Å². The molecular weight excluding hydrogens is 470 g/mol. The molecule has 0 spiro atoms. The van der Waals surface area contributed by atoms with Crippen LogP contribution in [0.2, 0.25) is 0 Å². The lowest BCUT2D eigenvalue weighted by Crippen LogP contribution is -2.27. The normalized spacial score (nSPS) is 12.3. The zero-order valence-corrected chi connectivity index (χ0v) is 25.0. The lowest BCUT2D eigenvalue weighted by molar-refractivity contribution is 0.0313. The first-order valence-electron chi connectivity index (χ1n) is 15.0. The molecule has 0 heterocycles. The van der Waals surface area contributed by atoms with Gasteiger partial charge in [0.15, 0.2) is 0 Å². The van der Waals surface area contributed by atoms with E-state index in [-0.39, 0.29) is 23.2 Å². The molecule has 0 amide bonds. The maximum absolute atomic E-state index is 9.74. The van der Waals surface area contributed by atoms with Crippen molar-refractivity contribution < 1.29 is 5.11 Å². The summed E-state index contributed by atoms with van der Waals surface area (Å²) in [4.78, 5) is 1.90. The number of aliphatic hydroxyl groups excluding tert-OH is 1. The summed E-state index contributed by atoms with van der Waals surface area (Å²) < 4.78 is 0. The Balaban J connectivity index is 0. The van der Waals surface area contributed by atoms with E-state index in [0.29, 0.717) is 0 Å². The highest BCUT2D eigenvalue weighted by Crippen LogP contribution is 2.16. The van der Waals surface area contributed by atoms with Crippen molar-refractivity contribution in [2.45, 2.75) is 180 Å². The predicted molar refractivity (Wildman–Crippen MR) is 156 cm³/mol. The fourth-order valence-electron chi connectivity index (χ4n) is 4.72. The molecule has 0 aliphatic rings. The molecular formula is C30H64BrNO. The number of halogens is 1. The first-order valence-corrected chi connectivity index (χ1v) is 15.0. The molecule has 0 fully saturated rings. The van der Waals surface area contributed by atoms with Crippen LogP contribution in [-0.2, 0) is 0 Å². The predicted octanol–water partition coefficient (Wildman–Crippen LogP) is 10.6. The van der Waals surface area contributed by atoms with E-state index in [1.807, 2.05) is 19.0 Å². The van der Waals surface area contributed by atoms with Gasteiger partial charge in [0.05, 0.1) is 0 Å². The van der Waals surface area contributed by atoms with Crippen LogP contribution in [0, 0.1) is 0 Å². The second-order valence-corrected chi connectivity index (χ2v) is 10.7. The SMILES string of the molecule is Br.CCCCCCCCCCCCCCCCCCCCCCCCCCCC(O)N(C)C. The number of hydrogen-bond acceptors (Lipinski definition) is 2. The molecule has 0 aromatic rings. The minimum atomic E-state index is -0.250. The first kappa shape index (κ1) is 35.6. The van der Waals surface area contributed by atoms with Crippen molar-refractivity contribution in [2.75, 3.05) is 14.1 Å². The summed E-state index contributed by atoms with van der Waals surface area (Å²) in [6.45, 7) is 2.30. The molecule has 0 saturated heterocycles. The summed E-state index contributed by atoms with van der Waals surface area (Å²) >= 11 is 0. The monoisotopic (exact) mass is 533 g/mol. The average molecular weight is 535 g/mol. The molecule has 2 nitrogen and oxygen atoms in total. The highest BCUT2D eigenvalue weighted by atomic mass is 79.9. The van der Waals surface area contributed by atoms with Crippen LogP contribution in [-0.4, -0.2) is 30.3 Å². The molecule has 0 rings (SSSR count). The third-order valence-corrected chi connectivity index (χ3v) is 7.16. The van der Waals surface area contributed by atoms with Crippen LogP contribution in [0.5, 0.6) is 0 Å². The van der Waals surface area contributed by atoms with Gasteiger partial charge in [0.2, 0.25) is 0 Å². The lowest BCUT2D eigenvalue weighted by atomic mass is 10.0. The van der Waals surface area contributed by atoms with Crippen LogP contribution in [0.4, 0.5) is 0 Å². The van der Waals surface area contributed by atoms with E-state index in [1.54, 1.807) is 0 Å². The molecule has 0 saturated carbocycles. The third kappa shape index (κ3) is 30.4. The zero-order chi connectivity index (χ0) is 23.5. The summed E-state index contributed by atoms with van der Waals surface area (Å²) in [5.74, 6) is 0. The van der Waals surface area contributed by atoms with E-state index in [0.717, 1.165) is 6.42 Å². The fourth-order valence-corrected chi connectivity index (χ4v) is 4.72. The van der Waals surface area contributed by atoms with Crippen molar-refractivity contribution in [3.8, 4) is 0 Å². The van der Waals surface area contributed by atoms with E-state index >= 15 is 0 Å². The Morgan fingerprint density at radius 3 is 0.848 bits per heavy atom. The van der Waals surface area contributed by atoms with Crippen molar-refractivity contribution in [1.29, 1.82) is 0 Å². The third-order valence-electron chi connectivity index (χ3n) is 7.16. The smallest absolute Gasteiger partial charge is 0.106 e. The highest BCUT2D eigenvalue weighted by molar-refractivity contribution is 8.93. The molecule has 1 unspecified atom stereocenters. The summed E-state index contributed by atoms with van der Waals surface area (Å²) in [5, 5.41) is 9.74. The van der Waals surface area contributed by atoms with Gasteiger partial charge in [-0.3, -0.25) is 4.90 Å². The van der Waals surface area contributed by atoms with Crippen LogP contribution in [0.25, 0.3) is 0 Å². The van der Waals surface area contributed by atoms with Gasteiger partial charge in [-0.2, -0.15) is 0 Å². The van der Waals surface area contributed by atoms with Crippen molar-refractivity contribution in [2.24, 2.45) is 0 Å². The van der Waals surface area contributed by atoms with Gasteiger partial charge in [0, 0.05) is 0 Å². The Hall–Kier alpha value is 0.400. The largest absolute Gasteiger partial charge is 0.378 e. The van der Waals surface area contributed by atoms with E-state index in [9.17, 15) is 5.11 Å². The quantitative estimate of drug-likeness (QED) is 0.0837. The Labute approximate surface area is 220 Å². The second-order valence-electron chi connectivity index (χ2n) is 10.7. The topological polar surface area (TPSA) is 23.5 Å². The number of hydrogen-bond donors (Lipinski definition) is 1. The Morgan fingerprint density at radius 2 is 0.636 bits per heavy atom. The molecule has 0 aliphatic carbocycles. The van der Waals surface area contributed by atoms with Crippen molar-refractivity contribution in [3.05, 3.63) is 0 Å². The second kappa shape index (κ2) is 30.4. The fraction of sp³-hybridized carbons (Fsp3) is 1.00. The molecule has 3 heteroatoms. The van der Waals surface area contributed by atoms with Crippen molar-refractivity contribution >= 4 is 17.0 Å². The number of nitrogens with zero attached hydrogens (tertiary/aromatic N) is 1. The molecule has 1 N–H and O–H groups in total. The van der Waals surface area contributed by atoms with Gasteiger partial charge in [-0.25, -0.2) is 0 Å². The summed E-state index contributed by atoms with van der Waals surface area (Å²) in [6.07, 6.45) is 36.5. The number of rotatable bonds is 27. The minimum Gasteiger partial charge on any atom is -0.378 e. The molecule has 0 aromatic heterocycles. The molecule has 0 radical (unpaired) electrons.